The van der Waals surface area contributed by atoms with E-state index in [9.17, 15) is 4.39 Å². The standard InChI is InChI=1S/C15H16BrClFNOS/c1-3-6-19-14(13-8-10(17)15(16)21-13)9-4-5-12(20-2)11(18)7-9/h4-5,7-8,14,19H,3,6H2,1-2H3. The highest BCUT2D eigenvalue weighted by Gasteiger charge is 2.19. The first-order valence-electron chi connectivity index (χ1n) is 6.58. The molecule has 1 aromatic heterocycles. The molecule has 2 nitrogen and oxygen atoms in total. The molecule has 21 heavy (non-hydrogen) atoms. The van der Waals surface area contributed by atoms with Gasteiger partial charge in [-0.1, -0.05) is 24.6 Å². The monoisotopic (exact) mass is 391 g/mol. The second-order valence-corrected chi connectivity index (χ2v) is 7.36. The van der Waals surface area contributed by atoms with Crippen molar-refractivity contribution in [2.24, 2.45) is 0 Å². The van der Waals surface area contributed by atoms with Gasteiger partial charge in [-0.2, -0.15) is 0 Å². The van der Waals surface area contributed by atoms with Crippen LogP contribution >= 0.6 is 38.9 Å². The van der Waals surface area contributed by atoms with E-state index < -0.39 is 0 Å². The molecule has 1 heterocycles. The summed E-state index contributed by atoms with van der Waals surface area (Å²) in [4.78, 5) is 1.05. The van der Waals surface area contributed by atoms with Crippen molar-refractivity contribution in [1.29, 1.82) is 0 Å². The third kappa shape index (κ3) is 3.97. The van der Waals surface area contributed by atoms with Crippen molar-refractivity contribution in [3.05, 3.63) is 49.3 Å². The molecule has 0 bridgehead atoms. The predicted molar refractivity (Wildman–Crippen MR) is 90.1 cm³/mol. The number of ether oxygens (including phenoxy) is 1. The van der Waals surface area contributed by atoms with Crippen molar-refractivity contribution in [2.75, 3.05) is 13.7 Å². The summed E-state index contributed by atoms with van der Waals surface area (Å²) in [6.07, 6.45) is 0.995. The quantitative estimate of drug-likeness (QED) is 0.710. The van der Waals surface area contributed by atoms with Crippen molar-refractivity contribution in [1.82, 2.24) is 5.32 Å². The van der Waals surface area contributed by atoms with Crippen LogP contribution in [-0.2, 0) is 0 Å². The van der Waals surface area contributed by atoms with Gasteiger partial charge in [0.15, 0.2) is 11.6 Å². The van der Waals surface area contributed by atoms with Crippen molar-refractivity contribution in [3.8, 4) is 5.75 Å². The summed E-state index contributed by atoms with van der Waals surface area (Å²) in [5.74, 6) is -0.113. The van der Waals surface area contributed by atoms with Gasteiger partial charge in [-0.05, 0) is 52.7 Å². The average molecular weight is 393 g/mol. The third-order valence-electron chi connectivity index (χ3n) is 3.06. The maximum atomic E-state index is 13.9. The molecule has 0 amide bonds. The van der Waals surface area contributed by atoms with Crippen LogP contribution in [0.1, 0.15) is 29.8 Å². The molecule has 1 unspecified atom stereocenters. The van der Waals surface area contributed by atoms with Crippen LogP contribution in [0.3, 0.4) is 0 Å². The molecule has 1 aromatic carbocycles. The minimum Gasteiger partial charge on any atom is -0.494 e. The maximum absolute atomic E-state index is 13.9. The Morgan fingerprint density at radius 2 is 2.19 bits per heavy atom. The van der Waals surface area contributed by atoms with Gasteiger partial charge in [-0.15, -0.1) is 11.3 Å². The summed E-state index contributed by atoms with van der Waals surface area (Å²) < 4.78 is 19.8. The summed E-state index contributed by atoms with van der Waals surface area (Å²) in [5.41, 5.74) is 0.854. The van der Waals surface area contributed by atoms with Crippen molar-refractivity contribution < 1.29 is 9.13 Å². The lowest BCUT2D eigenvalue weighted by atomic mass is 10.0. The molecule has 6 heteroatoms. The van der Waals surface area contributed by atoms with Gasteiger partial charge in [0, 0.05) is 4.88 Å². The van der Waals surface area contributed by atoms with Crippen LogP contribution in [0.25, 0.3) is 0 Å². The van der Waals surface area contributed by atoms with Crippen LogP contribution in [0.4, 0.5) is 4.39 Å². The number of thiophene rings is 1. The molecule has 0 aliphatic rings. The molecular formula is C15H16BrClFNOS. The molecule has 0 saturated carbocycles. The van der Waals surface area contributed by atoms with E-state index in [1.807, 2.05) is 12.1 Å². The maximum Gasteiger partial charge on any atom is 0.165 e. The van der Waals surface area contributed by atoms with Crippen molar-refractivity contribution in [2.45, 2.75) is 19.4 Å². The lowest BCUT2D eigenvalue weighted by Crippen LogP contribution is -2.22. The van der Waals surface area contributed by atoms with Gasteiger partial charge in [-0.3, -0.25) is 0 Å². The molecule has 2 aromatic rings. The van der Waals surface area contributed by atoms with E-state index in [1.165, 1.54) is 13.2 Å². The van der Waals surface area contributed by atoms with E-state index >= 15 is 0 Å². The van der Waals surface area contributed by atoms with Crippen LogP contribution in [0.2, 0.25) is 5.02 Å². The Bertz CT molecular complexity index is 600. The fourth-order valence-corrected chi connectivity index (χ4v) is 3.89. The summed E-state index contributed by atoms with van der Waals surface area (Å²) in [6, 6.07) is 6.85. The highest BCUT2D eigenvalue weighted by Crippen LogP contribution is 2.38. The van der Waals surface area contributed by atoms with E-state index in [0.717, 1.165) is 27.2 Å². The van der Waals surface area contributed by atoms with Gasteiger partial charge < -0.3 is 10.1 Å². The van der Waals surface area contributed by atoms with Crippen LogP contribution < -0.4 is 10.1 Å². The average Bonchev–Trinajstić information content (AvgIpc) is 2.79. The first-order chi connectivity index (χ1) is 10.1. The Balaban J connectivity index is 2.37. The van der Waals surface area contributed by atoms with Crippen molar-refractivity contribution >= 4 is 38.9 Å². The lowest BCUT2D eigenvalue weighted by molar-refractivity contribution is 0.385. The second-order valence-electron chi connectivity index (χ2n) is 4.55. The molecule has 0 radical (unpaired) electrons. The Kier molecular flexibility index (Phi) is 6.05. The number of nitrogens with one attached hydrogen (secondary N) is 1. The molecular weight excluding hydrogens is 377 g/mol. The minimum absolute atomic E-state index is 0.0841. The molecule has 0 aliphatic carbocycles. The molecule has 114 valence electrons. The number of benzene rings is 1. The highest BCUT2D eigenvalue weighted by atomic mass is 79.9. The van der Waals surface area contributed by atoms with E-state index in [2.05, 4.69) is 28.2 Å². The molecule has 1 atom stereocenters. The Morgan fingerprint density at radius 1 is 1.43 bits per heavy atom. The minimum atomic E-state index is -0.361. The van der Waals surface area contributed by atoms with E-state index in [-0.39, 0.29) is 17.6 Å². The first kappa shape index (κ1) is 16.7. The number of hydrogen-bond acceptors (Lipinski definition) is 3. The van der Waals surface area contributed by atoms with Crippen LogP contribution in [0.5, 0.6) is 5.75 Å². The number of hydrogen-bond donors (Lipinski definition) is 1. The number of halogens is 3. The lowest BCUT2D eigenvalue weighted by Gasteiger charge is -2.18. The number of rotatable bonds is 6. The summed E-state index contributed by atoms with van der Waals surface area (Å²) in [5, 5.41) is 4.10. The first-order valence-corrected chi connectivity index (χ1v) is 8.57. The fourth-order valence-electron chi connectivity index (χ4n) is 2.04. The highest BCUT2D eigenvalue weighted by molar-refractivity contribution is 9.11. The van der Waals surface area contributed by atoms with Crippen LogP contribution in [0, 0.1) is 5.82 Å². The topological polar surface area (TPSA) is 21.3 Å². The van der Waals surface area contributed by atoms with E-state index in [1.54, 1.807) is 17.4 Å². The van der Waals surface area contributed by atoms with Gasteiger partial charge >= 0.3 is 0 Å². The van der Waals surface area contributed by atoms with Gasteiger partial charge in [-0.25, -0.2) is 4.39 Å². The zero-order chi connectivity index (χ0) is 15.4. The molecule has 2 rings (SSSR count). The summed E-state index contributed by atoms with van der Waals surface area (Å²) in [6.45, 7) is 2.93. The predicted octanol–water partition coefficient (Wildman–Crippen LogP) is 5.40. The number of methoxy groups -OCH3 is 1. The largest absolute Gasteiger partial charge is 0.494 e. The van der Waals surface area contributed by atoms with Gasteiger partial charge in [0.05, 0.1) is 22.0 Å². The van der Waals surface area contributed by atoms with Crippen molar-refractivity contribution in [3.63, 3.8) is 0 Å². The van der Waals surface area contributed by atoms with Gasteiger partial charge in [0.2, 0.25) is 0 Å². The molecule has 0 saturated heterocycles. The molecule has 1 N–H and O–H groups in total. The summed E-state index contributed by atoms with van der Waals surface area (Å²) in [7, 11) is 1.46. The van der Waals surface area contributed by atoms with E-state index in [0.29, 0.717) is 5.02 Å². The summed E-state index contributed by atoms with van der Waals surface area (Å²) >= 11 is 11.1. The van der Waals surface area contributed by atoms with Crippen LogP contribution in [0.15, 0.2) is 28.1 Å². The zero-order valence-corrected chi connectivity index (χ0v) is 14.9. The third-order valence-corrected chi connectivity index (χ3v) is 5.60. The Morgan fingerprint density at radius 3 is 2.71 bits per heavy atom. The van der Waals surface area contributed by atoms with Gasteiger partial charge in [0.1, 0.15) is 0 Å². The molecule has 0 aliphatic heterocycles. The smallest absolute Gasteiger partial charge is 0.165 e. The van der Waals surface area contributed by atoms with Gasteiger partial charge in [0.25, 0.3) is 0 Å². The van der Waals surface area contributed by atoms with E-state index in [4.69, 9.17) is 16.3 Å². The second kappa shape index (κ2) is 7.58. The SMILES string of the molecule is CCCNC(c1ccc(OC)c(F)c1)c1cc(Cl)c(Br)s1. The Labute approximate surface area is 141 Å². The molecule has 0 spiro atoms. The fraction of sp³-hybridized carbons (Fsp3) is 0.333. The zero-order valence-electron chi connectivity index (χ0n) is 11.8. The van der Waals surface area contributed by atoms with Crippen LogP contribution in [-0.4, -0.2) is 13.7 Å². The Hall–Kier alpha value is -0.620. The normalized spacial score (nSPS) is 12.4. The molecule has 0 fully saturated rings.